The van der Waals surface area contributed by atoms with Crippen LogP contribution in [-0.2, 0) is 19.2 Å². The molecule has 3 atom stereocenters. The van der Waals surface area contributed by atoms with Crippen LogP contribution in [0.3, 0.4) is 0 Å². The molecule has 0 saturated heterocycles. The summed E-state index contributed by atoms with van der Waals surface area (Å²) in [5.41, 5.74) is 5.73. The third kappa shape index (κ3) is 13.7. The van der Waals surface area contributed by atoms with Crippen molar-refractivity contribution in [2.24, 2.45) is 16.6 Å². The maximum atomic E-state index is 13.0. The van der Waals surface area contributed by atoms with E-state index >= 15 is 0 Å². The summed E-state index contributed by atoms with van der Waals surface area (Å²) in [4.78, 5) is 66.1. The molecule has 9 N–H and O–H groups in total. The monoisotopic (exact) mass is 556 g/mol. The van der Waals surface area contributed by atoms with Crippen LogP contribution in [0.5, 0.6) is 0 Å². The van der Waals surface area contributed by atoms with E-state index in [4.69, 9.17) is 10.8 Å². The van der Waals surface area contributed by atoms with Crippen LogP contribution in [0.1, 0.15) is 52.9 Å². The zero-order valence-electron chi connectivity index (χ0n) is 23.0. The van der Waals surface area contributed by atoms with E-state index < -0.39 is 53.8 Å². The highest BCUT2D eigenvalue weighted by Crippen LogP contribution is 2.06. The number of nitrogens with zero attached hydrogens (tertiary/aromatic N) is 2. The van der Waals surface area contributed by atoms with E-state index in [0.29, 0.717) is 39.0 Å². The number of carboxylic acids is 2. The lowest BCUT2D eigenvalue weighted by atomic mass is 10.0. The van der Waals surface area contributed by atoms with Crippen LogP contribution >= 0.6 is 0 Å². The summed E-state index contributed by atoms with van der Waals surface area (Å²) in [5, 5.41) is 31.3. The minimum Gasteiger partial charge on any atom is -0.480 e. The molecule has 39 heavy (non-hydrogen) atoms. The summed E-state index contributed by atoms with van der Waals surface area (Å²) >= 11 is 0. The van der Waals surface area contributed by atoms with Gasteiger partial charge in [0.15, 0.2) is 5.96 Å². The summed E-state index contributed by atoms with van der Waals surface area (Å²) in [7, 11) is 0. The quantitative estimate of drug-likeness (QED) is 0.0924. The van der Waals surface area contributed by atoms with Crippen LogP contribution < -0.4 is 32.3 Å². The third-order valence-corrected chi connectivity index (χ3v) is 6.08. The van der Waals surface area contributed by atoms with Crippen LogP contribution in [0.15, 0.2) is 4.99 Å². The summed E-state index contributed by atoms with van der Waals surface area (Å²) in [6.45, 7) is 6.71. The molecule has 1 aliphatic heterocycles. The van der Waals surface area contributed by atoms with Crippen molar-refractivity contribution in [3.63, 3.8) is 0 Å². The fourth-order valence-corrected chi connectivity index (χ4v) is 3.99. The Kier molecular flexibility index (Phi) is 15.3. The first-order chi connectivity index (χ1) is 18.4. The number of rotatable bonds is 18. The van der Waals surface area contributed by atoms with Gasteiger partial charge in [-0.3, -0.25) is 24.3 Å². The minimum absolute atomic E-state index is 0.0650. The largest absolute Gasteiger partial charge is 0.480 e. The first-order valence-corrected chi connectivity index (χ1v) is 13.3. The highest BCUT2D eigenvalue weighted by molar-refractivity contribution is 5.92. The van der Waals surface area contributed by atoms with Crippen molar-refractivity contribution in [1.82, 2.24) is 31.5 Å². The Balaban J connectivity index is 2.63. The Morgan fingerprint density at radius 1 is 1.08 bits per heavy atom. The molecule has 0 aromatic carbocycles. The predicted molar refractivity (Wildman–Crippen MR) is 144 cm³/mol. The molecule has 0 aromatic heterocycles. The lowest BCUT2D eigenvalue weighted by Crippen LogP contribution is -2.63. The Bertz CT molecular complexity index is 867. The topological polar surface area (TPSA) is 228 Å². The van der Waals surface area contributed by atoms with Gasteiger partial charge < -0.3 is 42.5 Å². The van der Waals surface area contributed by atoms with Crippen molar-refractivity contribution < 1.29 is 34.2 Å². The van der Waals surface area contributed by atoms with Gasteiger partial charge in [-0.15, -0.1) is 0 Å². The number of guanidine groups is 1. The van der Waals surface area contributed by atoms with Crippen molar-refractivity contribution in [1.29, 1.82) is 0 Å². The Labute approximate surface area is 228 Å². The van der Waals surface area contributed by atoms with E-state index in [2.05, 4.69) is 38.5 Å². The van der Waals surface area contributed by atoms with Crippen LogP contribution in [0.2, 0.25) is 0 Å². The number of nitrogens with one attached hydrogen (secondary N) is 5. The fraction of sp³-hybridized carbons (Fsp3) is 0.750. The molecular formula is C24H44N8O7. The maximum Gasteiger partial charge on any atom is 0.326 e. The molecule has 4 amide bonds. The number of hydrogen-bond acceptors (Lipinski definition) is 9. The average Bonchev–Trinajstić information content (AvgIpc) is 2.86. The lowest BCUT2D eigenvalue weighted by Gasteiger charge is -2.31. The fourth-order valence-electron chi connectivity index (χ4n) is 3.99. The van der Waals surface area contributed by atoms with E-state index in [1.54, 1.807) is 13.8 Å². The Morgan fingerprint density at radius 2 is 1.77 bits per heavy atom. The number of nitrogens with two attached hydrogens (primary N) is 1. The molecule has 0 spiro atoms. The number of aliphatic imine (C=N–C) groups is 1. The molecule has 0 saturated carbocycles. The van der Waals surface area contributed by atoms with Crippen molar-refractivity contribution in [2.45, 2.75) is 71.0 Å². The van der Waals surface area contributed by atoms with Crippen molar-refractivity contribution in [2.75, 3.05) is 39.3 Å². The molecule has 15 heteroatoms. The normalized spacial score (nSPS) is 16.4. The van der Waals surface area contributed by atoms with Gasteiger partial charge in [0.1, 0.15) is 12.1 Å². The molecule has 1 rings (SSSR count). The van der Waals surface area contributed by atoms with Gasteiger partial charge in [0.05, 0.1) is 19.1 Å². The number of amides is 4. The number of hydrogen-bond donors (Lipinski definition) is 8. The summed E-state index contributed by atoms with van der Waals surface area (Å²) < 4.78 is 0. The summed E-state index contributed by atoms with van der Waals surface area (Å²) in [5.74, 6) is -3.53. The molecule has 1 heterocycles. The molecule has 0 radical (unpaired) electrons. The van der Waals surface area contributed by atoms with Gasteiger partial charge in [-0.2, -0.15) is 0 Å². The lowest BCUT2D eigenvalue weighted by molar-refractivity contribution is -0.140. The van der Waals surface area contributed by atoms with Crippen molar-refractivity contribution in [3.8, 4) is 0 Å². The molecule has 0 fully saturated rings. The van der Waals surface area contributed by atoms with Gasteiger partial charge in [0.2, 0.25) is 11.8 Å². The van der Waals surface area contributed by atoms with Gasteiger partial charge in [-0.1, -0.05) is 33.6 Å². The summed E-state index contributed by atoms with van der Waals surface area (Å²) in [6.07, 6.45) is 3.84. The van der Waals surface area contributed by atoms with Crippen LogP contribution in [0, 0.1) is 5.92 Å². The molecule has 15 nitrogen and oxygen atoms in total. The van der Waals surface area contributed by atoms with Gasteiger partial charge in [0, 0.05) is 19.6 Å². The van der Waals surface area contributed by atoms with E-state index in [9.17, 15) is 29.1 Å². The van der Waals surface area contributed by atoms with Crippen molar-refractivity contribution >= 4 is 35.7 Å². The first-order valence-electron chi connectivity index (χ1n) is 13.3. The smallest absolute Gasteiger partial charge is 0.326 e. The van der Waals surface area contributed by atoms with Crippen LogP contribution in [0.25, 0.3) is 0 Å². The molecule has 3 unspecified atom stereocenters. The number of urea groups is 1. The molecule has 0 aliphatic carbocycles. The van der Waals surface area contributed by atoms with E-state index in [0.717, 1.165) is 19.3 Å². The number of unbranched alkanes of at least 4 members (excludes halogenated alkanes) is 2. The Hall–Kier alpha value is -3.62. The Morgan fingerprint density at radius 3 is 2.36 bits per heavy atom. The summed E-state index contributed by atoms with van der Waals surface area (Å²) in [6, 6.07) is -3.82. The van der Waals surface area contributed by atoms with Crippen LogP contribution in [-0.4, -0.2) is 108 Å². The molecule has 222 valence electrons. The predicted octanol–water partition coefficient (Wildman–Crippen LogP) is -1.36. The second-order valence-corrected chi connectivity index (χ2v) is 9.76. The number of carboxylic acid groups (broad SMARTS) is 2. The highest BCUT2D eigenvalue weighted by atomic mass is 16.4. The number of aliphatic carboxylic acids is 2. The van der Waals surface area contributed by atoms with Gasteiger partial charge in [-0.25, -0.2) is 9.59 Å². The van der Waals surface area contributed by atoms with Gasteiger partial charge in [-0.05, 0) is 31.7 Å². The van der Waals surface area contributed by atoms with E-state index in [1.807, 2.05) is 4.90 Å². The molecule has 1 aliphatic rings. The second kappa shape index (κ2) is 17.8. The maximum absolute atomic E-state index is 13.0. The average molecular weight is 557 g/mol. The minimum atomic E-state index is -1.21. The number of carbonyl (C=O) groups excluding carboxylic acids is 3. The van der Waals surface area contributed by atoms with Crippen molar-refractivity contribution in [3.05, 3.63) is 0 Å². The van der Waals surface area contributed by atoms with E-state index in [1.165, 1.54) is 0 Å². The zero-order valence-corrected chi connectivity index (χ0v) is 23.0. The van der Waals surface area contributed by atoms with Gasteiger partial charge in [0.25, 0.3) is 0 Å². The van der Waals surface area contributed by atoms with Gasteiger partial charge >= 0.3 is 18.0 Å². The second-order valence-electron chi connectivity index (χ2n) is 9.76. The standard InChI is InChI=1S/C24H44N8O7/c1-4-5-6-11-32(14-18(34)35)12-7-9-26-17(33)13-28-21(36)20(16-8-10-27-23(25)29-16)31-24(39)30-19(15(2)3)22(37)38/h15-16,19-20H,4-14H2,1-3H3,(H,26,33)(H,28,36)(H,34,35)(H,37,38)(H3,25,27,29)(H2,30,31,39). The zero-order chi connectivity index (χ0) is 29.4. The SMILES string of the molecule is CCCCCN(CCCNC(=O)CNC(=O)C(NC(=O)NC(C(=O)O)C(C)C)C1CCN=C(N)N1)CC(=O)O. The number of carbonyl (C=O) groups is 5. The first kappa shape index (κ1) is 33.4. The third-order valence-electron chi connectivity index (χ3n) is 6.08. The highest BCUT2D eigenvalue weighted by Gasteiger charge is 2.33. The molecule has 0 bridgehead atoms. The van der Waals surface area contributed by atoms with Crippen LogP contribution in [0.4, 0.5) is 4.79 Å². The molecular weight excluding hydrogens is 512 g/mol. The molecule has 0 aromatic rings. The van der Waals surface area contributed by atoms with E-state index in [-0.39, 0.29) is 19.0 Å².